The van der Waals surface area contributed by atoms with Crippen LogP contribution in [0.3, 0.4) is 0 Å². The maximum Gasteiger partial charge on any atom is 0.261 e. The van der Waals surface area contributed by atoms with E-state index in [0.717, 1.165) is 52.5 Å². The summed E-state index contributed by atoms with van der Waals surface area (Å²) < 4.78 is 28.6. The number of fused-ring (bicyclic) bond motifs is 2. The summed E-state index contributed by atoms with van der Waals surface area (Å²) >= 11 is 0. The SMILES string of the molecule is CCc1cc(OC)c2c(CCO[Si](c3ccccc3)(c3ccccc3)C(C)(C)C)c(-c3cc4ccc(OC)cc4n3CC3CC3)oc2c1. The van der Waals surface area contributed by atoms with Crippen LogP contribution in [0.5, 0.6) is 11.5 Å². The lowest BCUT2D eigenvalue weighted by atomic mass is 10.0. The summed E-state index contributed by atoms with van der Waals surface area (Å²) in [4.78, 5) is 0. The van der Waals surface area contributed by atoms with Crippen LogP contribution >= 0.6 is 0 Å². The number of aryl methyl sites for hydroxylation is 1. The van der Waals surface area contributed by atoms with Crippen molar-refractivity contribution in [3.05, 3.63) is 108 Å². The van der Waals surface area contributed by atoms with Gasteiger partial charge in [-0.2, -0.15) is 0 Å². The Labute approximate surface area is 285 Å². The summed E-state index contributed by atoms with van der Waals surface area (Å²) in [6, 6.07) is 34.7. The largest absolute Gasteiger partial charge is 0.497 e. The lowest BCUT2D eigenvalue weighted by Gasteiger charge is -2.43. The summed E-state index contributed by atoms with van der Waals surface area (Å²) in [7, 11) is 0.771. The van der Waals surface area contributed by atoms with Gasteiger partial charge in [-0.15, -0.1) is 0 Å². The molecule has 0 bridgehead atoms. The molecule has 0 amide bonds. The smallest absolute Gasteiger partial charge is 0.261 e. The topological polar surface area (TPSA) is 45.8 Å². The lowest BCUT2D eigenvalue weighted by molar-refractivity contribution is 0.302. The van der Waals surface area contributed by atoms with Gasteiger partial charge in [-0.3, -0.25) is 0 Å². The average molecular weight is 658 g/mol. The van der Waals surface area contributed by atoms with Crippen LogP contribution in [0.15, 0.2) is 101 Å². The lowest BCUT2D eigenvalue weighted by Crippen LogP contribution is -2.66. The monoisotopic (exact) mass is 657 g/mol. The fourth-order valence-electron chi connectivity index (χ4n) is 7.49. The quantitative estimate of drug-likeness (QED) is 0.123. The van der Waals surface area contributed by atoms with Gasteiger partial charge in [0.1, 0.15) is 17.1 Å². The van der Waals surface area contributed by atoms with Gasteiger partial charge in [0.05, 0.1) is 30.8 Å². The standard InChI is InChI=1S/C42H47NO4Si/c1-7-29-24-38(45-6)40-35(22-23-46-48(42(2,3)4,33-14-10-8-11-15-33)34-16-12-9-13-17-34)41(47-39(40)25-29)37-26-31-20-21-32(44-5)27-36(31)43(37)28-30-18-19-30/h8-17,20-21,24-27,30H,7,18-19,22-23,28H2,1-6H3. The number of furan rings is 1. The zero-order valence-electron chi connectivity index (χ0n) is 29.1. The van der Waals surface area contributed by atoms with Crippen molar-refractivity contribution in [3.8, 4) is 23.0 Å². The molecule has 1 saturated carbocycles. The number of nitrogens with zero attached hydrogens (tertiary/aromatic N) is 1. The molecule has 5 nitrogen and oxygen atoms in total. The molecule has 48 heavy (non-hydrogen) atoms. The van der Waals surface area contributed by atoms with E-state index in [1.165, 1.54) is 39.7 Å². The van der Waals surface area contributed by atoms with Crippen LogP contribution in [0, 0.1) is 5.92 Å². The van der Waals surface area contributed by atoms with E-state index in [9.17, 15) is 0 Å². The summed E-state index contributed by atoms with van der Waals surface area (Å²) in [5.74, 6) is 3.30. The van der Waals surface area contributed by atoms with Gasteiger partial charge in [-0.1, -0.05) is 88.4 Å². The van der Waals surface area contributed by atoms with E-state index in [1.807, 2.05) is 6.07 Å². The number of hydrogen-bond donors (Lipinski definition) is 0. The van der Waals surface area contributed by atoms with Crippen LogP contribution in [-0.4, -0.2) is 33.7 Å². The molecule has 6 heteroatoms. The maximum atomic E-state index is 7.42. The minimum atomic E-state index is -2.73. The molecule has 1 aliphatic rings. The van der Waals surface area contributed by atoms with Crippen LogP contribution < -0.4 is 19.8 Å². The van der Waals surface area contributed by atoms with E-state index >= 15 is 0 Å². The first-order valence-corrected chi connectivity index (χ1v) is 19.2. The van der Waals surface area contributed by atoms with Crippen LogP contribution in [0.4, 0.5) is 0 Å². The van der Waals surface area contributed by atoms with Gasteiger partial charge in [0.15, 0.2) is 5.76 Å². The molecule has 248 valence electrons. The van der Waals surface area contributed by atoms with Crippen molar-refractivity contribution in [1.29, 1.82) is 0 Å². The molecule has 2 aromatic heterocycles. The Bertz CT molecular complexity index is 1990. The molecule has 0 unspecified atom stereocenters. The van der Waals surface area contributed by atoms with Crippen LogP contribution in [-0.2, 0) is 23.8 Å². The predicted octanol–water partition coefficient (Wildman–Crippen LogP) is 9.16. The van der Waals surface area contributed by atoms with Crippen LogP contribution in [0.1, 0.15) is 51.7 Å². The van der Waals surface area contributed by atoms with Gasteiger partial charge in [0.2, 0.25) is 0 Å². The Balaban J connectivity index is 1.38. The molecule has 0 radical (unpaired) electrons. The molecule has 1 fully saturated rings. The van der Waals surface area contributed by atoms with Crippen molar-refractivity contribution in [2.24, 2.45) is 5.92 Å². The molecule has 0 atom stereocenters. The van der Waals surface area contributed by atoms with E-state index in [-0.39, 0.29) is 5.04 Å². The highest BCUT2D eigenvalue weighted by atomic mass is 28.4. The number of methoxy groups -OCH3 is 2. The van der Waals surface area contributed by atoms with E-state index in [1.54, 1.807) is 14.2 Å². The van der Waals surface area contributed by atoms with Crippen molar-refractivity contribution >= 4 is 40.6 Å². The summed E-state index contributed by atoms with van der Waals surface area (Å²) in [5.41, 5.74) is 5.46. The Morgan fingerprint density at radius 1 is 0.833 bits per heavy atom. The number of aromatic nitrogens is 1. The van der Waals surface area contributed by atoms with Crippen LogP contribution in [0.25, 0.3) is 33.3 Å². The van der Waals surface area contributed by atoms with Crippen molar-refractivity contribution in [1.82, 2.24) is 4.57 Å². The molecule has 0 spiro atoms. The molecule has 0 N–H and O–H groups in total. The van der Waals surface area contributed by atoms with Gasteiger partial charge in [0, 0.05) is 30.2 Å². The first kappa shape index (κ1) is 32.3. The Morgan fingerprint density at radius 3 is 2.10 bits per heavy atom. The first-order chi connectivity index (χ1) is 23.3. The maximum absolute atomic E-state index is 7.42. The fourth-order valence-corrected chi connectivity index (χ4v) is 12.1. The third-order valence-electron chi connectivity index (χ3n) is 10.1. The second-order valence-corrected chi connectivity index (χ2v) is 18.5. The average Bonchev–Trinajstić information content (AvgIpc) is 3.76. The molecule has 6 aromatic rings. The third kappa shape index (κ3) is 5.75. The van der Waals surface area contributed by atoms with E-state index in [4.69, 9.17) is 18.3 Å². The molecule has 0 saturated heterocycles. The predicted molar refractivity (Wildman–Crippen MR) is 200 cm³/mol. The molecule has 1 aliphatic carbocycles. The summed E-state index contributed by atoms with van der Waals surface area (Å²) in [6.45, 7) is 10.7. The second kappa shape index (κ2) is 13.0. The Morgan fingerprint density at radius 2 is 1.52 bits per heavy atom. The Hall–Kier alpha value is -4.26. The molecule has 7 rings (SSSR count). The minimum Gasteiger partial charge on any atom is -0.497 e. The van der Waals surface area contributed by atoms with Gasteiger partial charge < -0.3 is 22.9 Å². The van der Waals surface area contributed by atoms with Crippen LogP contribution in [0.2, 0.25) is 5.04 Å². The van der Waals surface area contributed by atoms with Gasteiger partial charge in [0.25, 0.3) is 8.32 Å². The molecule has 2 heterocycles. The summed E-state index contributed by atoms with van der Waals surface area (Å²) in [6.07, 6.45) is 4.10. The highest BCUT2D eigenvalue weighted by Crippen LogP contribution is 2.44. The van der Waals surface area contributed by atoms with Crippen molar-refractivity contribution in [2.45, 2.75) is 65.0 Å². The normalized spacial score (nSPS) is 13.8. The number of hydrogen-bond acceptors (Lipinski definition) is 4. The molecule has 4 aromatic carbocycles. The highest BCUT2D eigenvalue weighted by molar-refractivity contribution is 6.99. The third-order valence-corrected chi connectivity index (χ3v) is 15.2. The van der Waals surface area contributed by atoms with E-state index < -0.39 is 8.32 Å². The van der Waals surface area contributed by atoms with Crippen molar-refractivity contribution in [2.75, 3.05) is 20.8 Å². The van der Waals surface area contributed by atoms with Gasteiger partial charge in [-0.25, -0.2) is 0 Å². The van der Waals surface area contributed by atoms with E-state index in [0.29, 0.717) is 18.9 Å². The zero-order chi connectivity index (χ0) is 33.5. The first-order valence-electron chi connectivity index (χ1n) is 17.3. The summed E-state index contributed by atoms with van der Waals surface area (Å²) in [5, 5.41) is 4.67. The number of ether oxygens (including phenoxy) is 2. The molecule has 0 aliphatic heterocycles. The second-order valence-electron chi connectivity index (χ2n) is 14.2. The number of rotatable bonds is 12. The molecular formula is C42H47NO4Si. The number of benzene rings is 4. The highest BCUT2D eigenvalue weighted by Gasteiger charge is 2.50. The van der Waals surface area contributed by atoms with Gasteiger partial charge >= 0.3 is 0 Å². The zero-order valence-corrected chi connectivity index (χ0v) is 30.1. The van der Waals surface area contributed by atoms with E-state index in [2.05, 4.69) is 123 Å². The van der Waals surface area contributed by atoms with Crippen molar-refractivity contribution < 1.29 is 18.3 Å². The van der Waals surface area contributed by atoms with Gasteiger partial charge in [-0.05, 0) is 82.9 Å². The van der Waals surface area contributed by atoms with Crippen molar-refractivity contribution in [3.63, 3.8) is 0 Å². The minimum absolute atomic E-state index is 0.111. The Kier molecular flexibility index (Phi) is 8.73. The fraction of sp³-hybridized carbons (Fsp3) is 0.333. The molecular weight excluding hydrogens is 611 g/mol.